The predicted octanol–water partition coefficient (Wildman–Crippen LogP) is 1.03. The number of ether oxygens (including phenoxy) is 2. The van der Waals surface area contributed by atoms with Crippen molar-refractivity contribution in [1.82, 2.24) is 5.32 Å². The van der Waals surface area contributed by atoms with Crippen molar-refractivity contribution in [1.29, 1.82) is 0 Å². The molecule has 0 bridgehead atoms. The zero-order valence-corrected chi connectivity index (χ0v) is 13.7. The molecule has 1 aliphatic heterocycles. The monoisotopic (exact) mass is 332 g/mol. The molecule has 0 saturated carbocycles. The number of esters is 1. The van der Waals surface area contributed by atoms with Crippen LogP contribution in [0, 0.1) is 0 Å². The van der Waals surface area contributed by atoms with E-state index in [1.807, 2.05) is 0 Å². The van der Waals surface area contributed by atoms with Gasteiger partial charge in [0.15, 0.2) is 6.10 Å². The molecule has 7 nitrogen and oxygen atoms in total. The maximum atomic E-state index is 12.3. The van der Waals surface area contributed by atoms with Crippen molar-refractivity contribution in [2.45, 2.75) is 26.1 Å². The smallest absolute Gasteiger partial charge is 0.350 e. The molecule has 0 aliphatic carbocycles. The summed E-state index contributed by atoms with van der Waals surface area (Å²) in [6.07, 6.45) is -0.430. The Morgan fingerprint density at radius 2 is 2.17 bits per heavy atom. The number of anilines is 1. The standard InChI is InChI=1S/C17H20N2O5/c1-4-9-18-16(21)11(2)23-17(22)15-10-19(12(3)20)13-7-5-6-8-14(13)24-15/h4-8,11,15H,1,9-10H2,2-3H3,(H,18,21)/t11-,15+/m1/s1. The van der Waals surface area contributed by atoms with E-state index in [4.69, 9.17) is 9.47 Å². The molecule has 0 unspecified atom stereocenters. The number of amides is 2. The summed E-state index contributed by atoms with van der Waals surface area (Å²) < 4.78 is 10.8. The van der Waals surface area contributed by atoms with Crippen LogP contribution in [0.1, 0.15) is 13.8 Å². The highest BCUT2D eigenvalue weighted by Gasteiger charge is 2.34. The Morgan fingerprint density at radius 1 is 1.46 bits per heavy atom. The molecule has 0 saturated heterocycles. The largest absolute Gasteiger partial charge is 0.475 e. The van der Waals surface area contributed by atoms with Crippen molar-refractivity contribution in [2.75, 3.05) is 18.0 Å². The lowest BCUT2D eigenvalue weighted by Crippen LogP contribution is -2.48. The van der Waals surface area contributed by atoms with E-state index in [0.717, 1.165) is 0 Å². The molecule has 2 amide bonds. The van der Waals surface area contributed by atoms with Crippen LogP contribution in [-0.4, -0.2) is 43.1 Å². The number of rotatable bonds is 5. The highest BCUT2D eigenvalue weighted by atomic mass is 16.6. The number of para-hydroxylation sites is 2. The Kier molecular flexibility index (Phi) is 5.57. The average Bonchev–Trinajstić information content (AvgIpc) is 2.58. The molecular formula is C17H20N2O5. The Labute approximate surface area is 140 Å². The summed E-state index contributed by atoms with van der Waals surface area (Å²) in [7, 11) is 0. The molecule has 24 heavy (non-hydrogen) atoms. The minimum atomic E-state index is -0.988. The maximum absolute atomic E-state index is 12.3. The highest BCUT2D eigenvalue weighted by Crippen LogP contribution is 2.33. The van der Waals surface area contributed by atoms with Crippen LogP contribution in [0.15, 0.2) is 36.9 Å². The first kappa shape index (κ1) is 17.5. The van der Waals surface area contributed by atoms with Crippen LogP contribution >= 0.6 is 0 Å². The van der Waals surface area contributed by atoms with Gasteiger partial charge in [0, 0.05) is 13.5 Å². The lowest BCUT2D eigenvalue weighted by atomic mass is 10.2. The lowest BCUT2D eigenvalue weighted by molar-refractivity contribution is -0.161. The third-order valence-electron chi connectivity index (χ3n) is 3.50. The summed E-state index contributed by atoms with van der Waals surface area (Å²) in [5, 5.41) is 2.54. The fraction of sp³-hybridized carbons (Fsp3) is 0.353. The van der Waals surface area contributed by atoms with Crippen molar-refractivity contribution >= 4 is 23.5 Å². The zero-order valence-electron chi connectivity index (χ0n) is 13.7. The molecule has 2 atom stereocenters. The number of hydrogen-bond acceptors (Lipinski definition) is 5. The van der Waals surface area contributed by atoms with Gasteiger partial charge in [-0.1, -0.05) is 18.2 Å². The van der Waals surface area contributed by atoms with Crippen LogP contribution in [0.5, 0.6) is 5.75 Å². The first-order valence-electron chi connectivity index (χ1n) is 7.57. The van der Waals surface area contributed by atoms with Gasteiger partial charge in [-0.2, -0.15) is 0 Å². The Hall–Kier alpha value is -2.83. The topological polar surface area (TPSA) is 84.9 Å². The molecule has 1 N–H and O–H groups in total. The molecule has 1 aromatic carbocycles. The van der Waals surface area contributed by atoms with Gasteiger partial charge in [0.2, 0.25) is 12.0 Å². The normalized spacial score (nSPS) is 17.1. The number of benzene rings is 1. The number of hydrogen-bond donors (Lipinski definition) is 1. The molecule has 1 aromatic rings. The van der Waals surface area contributed by atoms with Crippen molar-refractivity contribution in [3.63, 3.8) is 0 Å². The van der Waals surface area contributed by atoms with Crippen LogP contribution < -0.4 is 15.0 Å². The summed E-state index contributed by atoms with van der Waals surface area (Å²) in [5.74, 6) is -0.912. The van der Waals surface area contributed by atoms with Crippen molar-refractivity contribution in [3.8, 4) is 5.75 Å². The number of carbonyl (C=O) groups excluding carboxylic acids is 3. The minimum absolute atomic E-state index is 0.0339. The highest BCUT2D eigenvalue weighted by molar-refractivity contribution is 5.95. The number of nitrogens with one attached hydrogen (secondary N) is 1. The zero-order chi connectivity index (χ0) is 17.7. The number of carbonyl (C=O) groups is 3. The van der Waals surface area contributed by atoms with Crippen molar-refractivity contribution < 1.29 is 23.9 Å². The fourth-order valence-electron chi connectivity index (χ4n) is 2.28. The third-order valence-corrected chi connectivity index (χ3v) is 3.50. The number of fused-ring (bicyclic) bond motifs is 1. The average molecular weight is 332 g/mol. The first-order chi connectivity index (χ1) is 11.4. The van der Waals surface area contributed by atoms with Crippen LogP contribution in [0.4, 0.5) is 5.69 Å². The Bertz CT molecular complexity index is 658. The fourth-order valence-corrected chi connectivity index (χ4v) is 2.28. The van der Waals surface area contributed by atoms with E-state index < -0.39 is 24.1 Å². The molecule has 0 radical (unpaired) electrons. The quantitative estimate of drug-likeness (QED) is 0.643. The van der Waals surface area contributed by atoms with Gasteiger partial charge in [0.25, 0.3) is 5.91 Å². The molecule has 1 aliphatic rings. The van der Waals surface area contributed by atoms with E-state index in [1.54, 1.807) is 24.3 Å². The summed E-state index contributed by atoms with van der Waals surface area (Å²) in [5.41, 5.74) is 0.603. The minimum Gasteiger partial charge on any atom is -0.475 e. The van der Waals surface area contributed by atoms with E-state index in [-0.39, 0.29) is 19.0 Å². The molecule has 0 aromatic heterocycles. The third kappa shape index (κ3) is 3.92. The summed E-state index contributed by atoms with van der Waals surface area (Å²) in [6, 6.07) is 6.94. The molecule has 2 rings (SSSR count). The lowest BCUT2D eigenvalue weighted by Gasteiger charge is -2.33. The van der Waals surface area contributed by atoms with E-state index >= 15 is 0 Å². The first-order valence-corrected chi connectivity index (χ1v) is 7.57. The summed E-state index contributed by atoms with van der Waals surface area (Å²) in [6.45, 7) is 6.69. The molecular weight excluding hydrogens is 312 g/mol. The van der Waals surface area contributed by atoms with E-state index in [2.05, 4.69) is 11.9 Å². The predicted molar refractivity (Wildman–Crippen MR) is 87.6 cm³/mol. The van der Waals surface area contributed by atoms with Gasteiger partial charge in [-0.15, -0.1) is 6.58 Å². The van der Waals surface area contributed by atoms with Crippen LogP contribution in [0.25, 0.3) is 0 Å². The number of nitrogens with zero attached hydrogens (tertiary/aromatic N) is 1. The second kappa shape index (κ2) is 7.63. The van der Waals surface area contributed by atoms with E-state index in [0.29, 0.717) is 11.4 Å². The summed E-state index contributed by atoms with van der Waals surface area (Å²) >= 11 is 0. The van der Waals surface area contributed by atoms with Gasteiger partial charge >= 0.3 is 5.97 Å². The van der Waals surface area contributed by atoms with Crippen LogP contribution in [0.2, 0.25) is 0 Å². The Morgan fingerprint density at radius 3 is 2.83 bits per heavy atom. The van der Waals surface area contributed by atoms with Gasteiger partial charge in [0.05, 0.1) is 12.2 Å². The van der Waals surface area contributed by atoms with Crippen molar-refractivity contribution in [3.05, 3.63) is 36.9 Å². The molecule has 128 valence electrons. The van der Waals surface area contributed by atoms with Crippen LogP contribution in [0.3, 0.4) is 0 Å². The van der Waals surface area contributed by atoms with E-state index in [1.165, 1.54) is 24.8 Å². The second-order valence-electron chi connectivity index (χ2n) is 5.32. The van der Waals surface area contributed by atoms with Crippen molar-refractivity contribution in [2.24, 2.45) is 0 Å². The van der Waals surface area contributed by atoms with Gasteiger partial charge in [-0.3, -0.25) is 9.59 Å². The Balaban J connectivity index is 2.07. The van der Waals surface area contributed by atoms with Crippen LogP contribution in [-0.2, 0) is 19.1 Å². The summed E-state index contributed by atoms with van der Waals surface area (Å²) in [4.78, 5) is 37.3. The molecule has 1 heterocycles. The van der Waals surface area contributed by atoms with E-state index in [9.17, 15) is 14.4 Å². The van der Waals surface area contributed by atoms with Gasteiger partial charge in [-0.05, 0) is 19.1 Å². The second-order valence-corrected chi connectivity index (χ2v) is 5.32. The molecule has 7 heteroatoms. The SMILES string of the molecule is C=CCNC(=O)[C@@H](C)OC(=O)[C@@H]1CN(C(C)=O)c2ccccc2O1. The van der Waals surface area contributed by atoms with Gasteiger partial charge in [-0.25, -0.2) is 4.79 Å². The van der Waals surface area contributed by atoms with Gasteiger partial charge in [0.1, 0.15) is 5.75 Å². The molecule has 0 fully saturated rings. The van der Waals surface area contributed by atoms with Gasteiger partial charge < -0.3 is 19.7 Å². The molecule has 0 spiro atoms. The maximum Gasteiger partial charge on any atom is 0.350 e.